The van der Waals surface area contributed by atoms with E-state index in [1.807, 2.05) is 0 Å². The van der Waals surface area contributed by atoms with E-state index in [1.54, 1.807) is 25.1 Å². The van der Waals surface area contributed by atoms with Gasteiger partial charge < -0.3 is 19.5 Å². The number of nitro benzene ring substituents is 1. The number of benzene rings is 2. The van der Waals surface area contributed by atoms with Gasteiger partial charge in [-0.2, -0.15) is 0 Å². The highest BCUT2D eigenvalue weighted by Crippen LogP contribution is 2.25. The zero-order valence-electron chi connectivity index (χ0n) is 15.0. The van der Waals surface area contributed by atoms with Crippen molar-refractivity contribution in [2.45, 2.75) is 6.92 Å². The molecule has 0 radical (unpaired) electrons. The maximum Gasteiger partial charge on any atom is 0.338 e. The Hall–Kier alpha value is -3.62. The second-order valence-corrected chi connectivity index (χ2v) is 5.48. The summed E-state index contributed by atoms with van der Waals surface area (Å²) in [6.45, 7) is 1.00. The lowest BCUT2D eigenvalue weighted by Gasteiger charge is -2.10. The van der Waals surface area contributed by atoms with Crippen molar-refractivity contribution < 1.29 is 28.7 Å². The number of nitrogens with one attached hydrogen (secondary N) is 1. The van der Waals surface area contributed by atoms with E-state index in [0.717, 1.165) is 6.07 Å². The van der Waals surface area contributed by atoms with Crippen LogP contribution >= 0.6 is 0 Å². The van der Waals surface area contributed by atoms with Crippen LogP contribution in [0.15, 0.2) is 36.4 Å². The minimum absolute atomic E-state index is 0.0110. The molecule has 9 heteroatoms. The van der Waals surface area contributed by atoms with Crippen molar-refractivity contribution in [3.63, 3.8) is 0 Å². The van der Waals surface area contributed by atoms with E-state index in [-0.39, 0.29) is 11.3 Å². The third-order valence-electron chi connectivity index (χ3n) is 3.61. The number of carbonyl (C=O) groups is 2. The molecular weight excluding hydrogens is 356 g/mol. The smallest absolute Gasteiger partial charge is 0.338 e. The fraction of sp³-hybridized carbons (Fsp3) is 0.222. The molecule has 0 bridgehead atoms. The highest BCUT2D eigenvalue weighted by atomic mass is 16.6. The van der Waals surface area contributed by atoms with E-state index < -0.39 is 23.4 Å². The van der Waals surface area contributed by atoms with Gasteiger partial charge in [-0.1, -0.05) is 6.07 Å². The van der Waals surface area contributed by atoms with Crippen LogP contribution in [-0.2, 0) is 9.53 Å². The third-order valence-corrected chi connectivity index (χ3v) is 3.61. The van der Waals surface area contributed by atoms with Crippen LogP contribution in [0, 0.1) is 17.0 Å². The maximum absolute atomic E-state index is 12.0. The Balaban J connectivity index is 2.00. The quantitative estimate of drug-likeness (QED) is 0.450. The Morgan fingerprint density at radius 2 is 1.70 bits per heavy atom. The van der Waals surface area contributed by atoms with Gasteiger partial charge in [-0.25, -0.2) is 4.79 Å². The molecule has 27 heavy (non-hydrogen) atoms. The van der Waals surface area contributed by atoms with Gasteiger partial charge in [0.1, 0.15) is 11.5 Å². The van der Waals surface area contributed by atoms with Crippen LogP contribution in [0.2, 0.25) is 0 Å². The van der Waals surface area contributed by atoms with Crippen molar-refractivity contribution >= 4 is 23.3 Å². The van der Waals surface area contributed by atoms with Crippen LogP contribution < -0.4 is 14.8 Å². The number of carbonyl (C=O) groups excluding carboxylic acids is 2. The summed E-state index contributed by atoms with van der Waals surface area (Å²) in [5.41, 5.74) is 0.611. The lowest BCUT2D eigenvalue weighted by atomic mass is 10.1. The number of amides is 1. The average Bonchev–Trinajstić information content (AvgIpc) is 2.65. The van der Waals surface area contributed by atoms with Gasteiger partial charge in [-0.3, -0.25) is 14.9 Å². The Kier molecular flexibility index (Phi) is 6.32. The summed E-state index contributed by atoms with van der Waals surface area (Å²) in [6.07, 6.45) is 0. The number of anilines is 1. The summed E-state index contributed by atoms with van der Waals surface area (Å²) in [6, 6.07) is 8.74. The molecule has 0 aliphatic heterocycles. The SMILES string of the molecule is COc1cc(NC(=O)COC(=O)c2ccc(C)c([N+](=O)[O-])c2)cc(OC)c1. The number of nitro groups is 1. The number of esters is 1. The molecule has 0 saturated carbocycles. The highest BCUT2D eigenvalue weighted by molar-refractivity contribution is 5.96. The Morgan fingerprint density at radius 3 is 2.26 bits per heavy atom. The van der Waals surface area contributed by atoms with Gasteiger partial charge in [0.25, 0.3) is 11.6 Å². The number of hydrogen-bond donors (Lipinski definition) is 1. The molecule has 0 saturated heterocycles. The molecular formula is C18H18N2O7. The molecule has 0 unspecified atom stereocenters. The Labute approximate surface area is 155 Å². The first-order chi connectivity index (χ1) is 12.8. The lowest BCUT2D eigenvalue weighted by Crippen LogP contribution is -2.21. The summed E-state index contributed by atoms with van der Waals surface area (Å²) < 4.78 is 15.1. The first-order valence-electron chi connectivity index (χ1n) is 7.79. The largest absolute Gasteiger partial charge is 0.497 e. The normalized spacial score (nSPS) is 10.0. The van der Waals surface area contributed by atoms with Crippen molar-refractivity contribution in [2.75, 3.05) is 26.1 Å². The molecule has 0 atom stereocenters. The lowest BCUT2D eigenvalue weighted by molar-refractivity contribution is -0.385. The molecule has 0 spiro atoms. The predicted molar refractivity (Wildman–Crippen MR) is 96.3 cm³/mol. The number of methoxy groups -OCH3 is 2. The number of hydrogen-bond acceptors (Lipinski definition) is 7. The van der Waals surface area contributed by atoms with Crippen molar-refractivity contribution in [3.05, 3.63) is 57.6 Å². The summed E-state index contributed by atoms with van der Waals surface area (Å²) in [5, 5.41) is 13.5. The van der Waals surface area contributed by atoms with Gasteiger partial charge >= 0.3 is 5.97 Å². The van der Waals surface area contributed by atoms with E-state index in [2.05, 4.69) is 5.32 Å². The van der Waals surface area contributed by atoms with Gasteiger partial charge in [0, 0.05) is 35.5 Å². The van der Waals surface area contributed by atoms with Crippen LogP contribution in [-0.4, -0.2) is 37.6 Å². The molecule has 0 aromatic heterocycles. The van der Waals surface area contributed by atoms with Crippen LogP contribution in [0.5, 0.6) is 11.5 Å². The molecule has 0 heterocycles. The number of rotatable bonds is 7. The van der Waals surface area contributed by atoms with E-state index in [4.69, 9.17) is 14.2 Å². The fourth-order valence-electron chi connectivity index (χ4n) is 2.22. The van der Waals surface area contributed by atoms with Gasteiger partial charge in [0.15, 0.2) is 6.61 Å². The first kappa shape index (κ1) is 19.7. The van der Waals surface area contributed by atoms with E-state index in [1.165, 1.54) is 26.4 Å². The molecule has 9 nitrogen and oxygen atoms in total. The number of ether oxygens (including phenoxy) is 3. The molecule has 2 aromatic rings. The summed E-state index contributed by atoms with van der Waals surface area (Å²) in [5.74, 6) is -0.459. The predicted octanol–water partition coefficient (Wildman–Crippen LogP) is 2.72. The molecule has 0 fully saturated rings. The van der Waals surface area contributed by atoms with Gasteiger partial charge in [0.2, 0.25) is 0 Å². The van der Waals surface area contributed by atoms with E-state index in [9.17, 15) is 19.7 Å². The van der Waals surface area contributed by atoms with Crippen LogP contribution in [0.4, 0.5) is 11.4 Å². The van der Waals surface area contributed by atoms with Crippen LogP contribution in [0.1, 0.15) is 15.9 Å². The van der Waals surface area contributed by atoms with Crippen molar-refractivity contribution in [3.8, 4) is 11.5 Å². The van der Waals surface area contributed by atoms with Gasteiger partial charge in [-0.05, 0) is 13.0 Å². The first-order valence-corrected chi connectivity index (χ1v) is 7.79. The summed E-state index contributed by atoms with van der Waals surface area (Å²) >= 11 is 0. The second-order valence-electron chi connectivity index (χ2n) is 5.48. The minimum atomic E-state index is -0.837. The van der Waals surface area contributed by atoms with Crippen molar-refractivity contribution in [1.82, 2.24) is 0 Å². The monoisotopic (exact) mass is 374 g/mol. The fourth-order valence-corrected chi connectivity index (χ4v) is 2.22. The average molecular weight is 374 g/mol. The molecule has 1 N–H and O–H groups in total. The van der Waals surface area contributed by atoms with Gasteiger partial charge in [0.05, 0.1) is 24.7 Å². The molecule has 2 rings (SSSR count). The van der Waals surface area contributed by atoms with Crippen molar-refractivity contribution in [2.24, 2.45) is 0 Å². The summed E-state index contributed by atoms with van der Waals surface area (Å²) in [4.78, 5) is 34.4. The number of nitrogens with zero attached hydrogens (tertiary/aromatic N) is 1. The number of aryl methyl sites for hydroxylation is 1. The highest BCUT2D eigenvalue weighted by Gasteiger charge is 2.17. The zero-order chi connectivity index (χ0) is 20.0. The molecule has 1 amide bonds. The molecule has 0 aliphatic carbocycles. The Bertz CT molecular complexity index is 858. The molecule has 2 aromatic carbocycles. The van der Waals surface area contributed by atoms with E-state index >= 15 is 0 Å². The molecule has 0 aliphatic rings. The van der Waals surface area contributed by atoms with Crippen molar-refractivity contribution in [1.29, 1.82) is 0 Å². The topological polar surface area (TPSA) is 117 Å². The standard InChI is InChI=1S/C18H18N2O7/c1-11-4-5-12(6-16(11)20(23)24)18(22)27-10-17(21)19-13-7-14(25-2)9-15(8-13)26-3/h4-9H,10H2,1-3H3,(H,19,21). The Morgan fingerprint density at radius 1 is 1.07 bits per heavy atom. The van der Waals surface area contributed by atoms with E-state index in [0.29, 0.717) is 22.7 Å². The minimum Gasteiger partial charge on any atom is -0.497 e. The van der Waals surface area contributed by atoms with Crippen LogP contribution in [0.25, 0.3) is 0 Å². The molecule has 142 valence electrons. The maximum atomic E-state index is 12.0. The third kappa shape index (κ3) is 5.18. The van der Waals surface area contributed by atoms with Gasteiger partial charge in [-0.15, -0.1) is 0 Å². The second kappa shape index (κ2) is 8.65. The zero-order valence-corrected chi connectivity index (χ0v) is 15.0. The summed E-state index contributed by atoms with van der Waals surface area (Å²) in [7, 11) is 2.95. The van der Waals surface area contributed by atoms with Crippen LogP contribution in [0.3, 0.4) is 0 Å².